The highest BCUT2D eigenvalue weighted by Crippen LogP contribution is 2.33. The number of aromatic nitrogens is 4. The number of anilines is 1. The zero-order valence-corrected chi connectivity index (χ0v) is 18.5. The Morgan fingerprint density at radius 2 is 1.84 bits per heavy atom. The van der Waals surface area contributed by atoms with Crippen molar-refractivity contribution in [3.63, 3.8) is 0 Å². The van der Waals surface area contributed by atoms with Crippen molar-refractivity contribution >= 4 is 17.5 Å². The van der Waals surface area contributed by atoms with Crippen LogP contribution in [0.3, 0.4) is 0 Å². The van der Waals surface area contributed by atoms with Crippen LogP contribution in [0.15, 0.2) is 30.6 Å². The molecule has 1 saturated carbocycles. The van der Waals surface area contributed by atoms with Crippen LogP contribution in [0.4, 0.5) is 5.82 Å². The van der Waals surface area contributed by atoms with Crippen LogP contribution in [0, 0.1) is 6.92 Å². The van der Waals surface area contributed by atoms with Gasteiger partial charge in [-0.2, -0.15) is 14.6 Å². The van der Waals surface area contributed by atoms with Crippen molar-refractivity contribution in [2.24, 2.45) is 0 Å². The molecule has 0 radical (unpaired) electrons. The van der Waals surface area contributed by atoms with Crippen molar-refractivity contribution in [3.05, 3.63) is 41.9 Å². The molecule has 3 heterocycles. The summed E-state index contributed by atoms with van der Waals surface area (Å²) in [7, 11) is 1.62. The van der Waals surface area contributed by atoms with Crippen LogP contribution in [-0.2, 0) is 0 Å². The summed E-state index contributed by atoms with van der Waals surface area (Å²) in [5.74, 6) is 2.87. The van der Waals surface area contributed by atoms with Gasteiger partial charge >= 0.3 is 0 Å². The van der Waals surface area contributed by atoms with Gasteiger partial charge in [-0.05, 0) is 50.8 Å². The third-order valence-corrected chi connectivity index (χ3v) is 6.26. The molecule has 0 bridgehead atoms. The fourth-order valence-electron chi connectivity index (χ4n) is 4.54. The van der Waals surface area contributed by atoms with Gasteiger partial charge in [-0.3, -0.25) is 4.79 Å². The van der Waals surface area contributed by atoms with Crippen molar-refractivity contribution in [2.45, 2.75) is 38.7 Å². The standard InChI is InChI=1S/C23H28N6O3/c1-16-13-21(29-23(26-16)24-15-25-29)27-9-11-28(12-10-27)22(30)17-7-8-19(20(14-17)31-2)32-18-5-3-4-6-18/h7-8,13-15,18H,3-6,9-12H2,1-2H3. The Kier molecular flexibility index (Phi) is 5.55. The van der Waals surface area contributed by atoms with E-state index < -0.39 is 0 Å². The minimum atomic E-state index is 0.00665. The fourth-order valence-corrected chi connectivity index (χ4v) is 4.54. The van der Waals surface area contributed by atoms with Gasteiger partial charge in [0.15, 0.2) is 11.5 Å². The van der Waals surface area contributed by atoms with E-state index in [0.29, 0.717) is 49.0 Å². The molecule has 9 nitrogen and oxygen atoms in total. The monoisotopic (exact) mass is 436 g/mol. The van der Waals surface area contributed by atoms with E-state index in [-0.39, 0.29) is 12.0 Å². The van der Waals surface area contributed by atoms with E-state index in [1.165, 1.54) is 19.2 Å². The summed E-state index contributed by atoms with van der Waals surface area (Å²) in [4.78, 5) is 25.9. The molecule has 3 aromatic rings. The Bertz CT molecular complexity index is 1120. The molecule has 2 aliphatic rings. The molecular formula is C23H28N6O3. The van der Waals surface area contributed by atoms with Gasteiger partial charge in [0.1, 0.15) is 12.1 Å². The maximum Gasteiger partial charge on any atom is 0.254 e. The molecule has 1 aromatic carbocycles. The van der Waals surface area contributed by atoms with Gasteiger partial charge in [0.25, 0.3) is 11.7 Å². The van der Waals surface area contributed by atoms with Gasteiger partial charge in [0.05, 0.1) is 13.2 Å². The molecule has 0 spiro atoms. The van der Waals surface area contributed by atoms with Gasteiger partial charge in [-0.1, -0.05) is 0 Å². The van der Waals surface area contributed by atoms with Crippen LogP contribution in [0.2, 0.25) is 0 Å². The SMILES string of the molecule is COc1cc(C(=O)N2CCN(c3cc(C)nc4ncnn34)CC2)ccc1OC1CCCC1. The lowest BCUT2D eigenvalue weighted by atomic mass is 10.1. The minimum absolute atomic E-state index is 0.00665. The number of hydrogen-bond donors (Lipinski definition) is 0. The number of aryl methyl sites for hydroxylation is 1. The lowest BCUT2D eigenvalue weighted by Gasteiger charge is -2.36. The second-order valence-electron chi connectivity index (χ2n) is 8.40. The number of nitrogens with zero attached hydrogens (tertiary/aromatic N) is 6. The number of benzene rings is 1. The average molecular weight is 437 g/mol. The Labute approximate surface area is 187 Å². The van der Waals surface area contributed by atoms with Gasteiger partial charge < -0.3 is 19.3 Å². The van der Waals surface area contributed by atoms with E-state index in [2.05, 4.69) is 20.0 Å². The van der Waals surface area contributed by atoms with E-state index in [0.717, 1.165) is 24.4 Å². The number of ether oxygens (including phenoxy) is 2. The first-order valence-electron chi connectivity index (χ1n) is 11.2. The molecule has 2 aromatic heterocycles. The number of fused-ring (bicyclic) bond motifs is 1. The number of piperazine rings is 1. The zero-order valence-electron chi connectivity index (χ0n) is 18.5. The lowest BCUT2D eigenvalue weighted by molar-refractivity contribution is 0.0746. The number of rotatable bonds is 5. The zero-order chi connectivity index (χ0) is 22.1. The fraction of sp³-hybridized carbons (Fsp3) is 0.478. The van der Waals surface area contributed by atoms with Crippen LogP contribution in [-0.4, -0.2) is 69.8 Å². The topological polar surface area (TPSA) is 85.1 Å². The number of methoxy groups -OCH3 is 1. The van der Waals surface area contributed by atoms with Crippen LogP contribution in [0.25, 0.3) is 5.78 Å². The Morgan fingerprint density at radius 3 is 2.59 bits per heavy atom. The second kappa shape index (κ2) is 8.64. The predicted octanol–water partition coefficient (Wildman–Crippen LogP) is 2.73. The molecule has 0 N–H and O–H groups in total. The van der Waals surface area contributed by atoms with Crippen molar-refractivity contribution in [2.75, 3.05) is 38.2 Å². The van der Waals surface area contributed by atoms with Crippen molar-refractivity contribution in [3.8, 4) is 11.5 Å². The summed E-state index contributed by atoms with van der Waals surface area (Å²) in [6, 6.07) is 7.51. The maximum atomic E-state index is 13.2. The quantitative estimate of drug-likeness (QED) is 0.608. The summed E-state index contributed by atoms with van der Waals surface area (Å²) in [5.41, 5.74) is 1.51. The summed E-state index contributed by atoms with van der Waals surface area (Å²) in [6.45, 7) is 4.62. The molecule has 1 saturated heterocycles. The number of amides is 1. The number of carbonyl (C=O) groups excluding carboxylic acids is 1. The van der Waals surface area contributed by atoms with Gasteiger partial charge in [0, 0.05) is 43.5 Å². The third kappa shape index (κ3) is 3.94. The van der Waals surface area contributed by atoms with E-state index in [9.17, 15) is 4.79 Å². The van der Waals surface area contributed by atoms with Gasteiger partial charge in [-0.25, -0.2) is 4.98 Å². The maximum absolute atomic E-state index is 13.2. The lowest BCUT2D eigenvalue weighted by Crippen LogP contribution is -2.49. The molecule has 9 heteroatoms. The summed E-state index contributed by atoms with van der Waals surface area (Å²) in [5, 5.41) is 4.30. The first kappa shape index (κ1) is 20.5. The summed E-state index contributed by atoms with van der Waals surface area (Å²) in [6.07, 6.45) is 6.32. The summed E-state index contributed by atoms with van der Waals surface area (Å²) < 4.78 is 13.4. The van der Waals surface area contributed by atoms with E-state index in [1.807, 2.05) is 30.0 Å². The number of hydrogen-bond acceptors (Lipinski definition) is 7. The molecule has 2 fully saturated rings. The summed E-state index contributed by atoms with van der Waals surface area (Å²) >= 11 is 0. The highest BCUT2D eigenvalue weighted by molar-refractivity contribution is 5.95. The molecule has 1 aliphatic carbocycles. The van der Waals surface area contributed by atoms with E-state index in [4.69, 9.17) is 9.47 Å². The molecule has 168 valence electrons. The molecule has 1 aliphatic heterocycles. The smallest absolute Gasteiger partial charge is 0.254 e. The van der Waals surface area contributed by atoms with E-state index >= 15 is 0 Å². The minimum Gasteiger partial charge on any atom is -0.493 e. The highest BCUT2D eigenvalue weighted by Gasteiger charge is 2.25. The van der Waals surface area contributed by atoms with Crippen LogP contribution in [0.5, 0.6) is 11.5 Å². The van der Waals surface area contributed by atoms with Crippen LogP contribution in [0.1, 0.15) is 41.7 Å². The molecular weight excluding hydrogens is 408 g/mol. The highest BCUT2D eigenvalue weighted by atomic mass is 16.5. The normalized spacial score (nSPS) is 17.2. The van der Waals surface area contributed by atoms with Crippen molar-refractivity contribution in [1.82, 2.24) is 24.5 Å². The Morgan fingerprint density at radius 1 is 1.06 bits per heavy atom. The molecule has 32 heavy (non-hydrogen) atoms. The number of carbonyl (C=O) groups is 1. The van der Waals surface area contributed by atoms with Crippen LogP contribution < -0.4 is 14.4 Å². The van der Waals surface area contributed by atoms with Gasteiger partial charge in [0.2, 0.25) is 0 Å². The largest absolute Gasteiger partial charge is 0.493 e. The Hall–Kier alpha value is -3.36. The van der Waals surface area contributed by atoms with E-state index in [1.54, 1.807) is 17.7 Å². The predicted molar refractivity (Wildman–Crippen MR) is 120 cm³/mol. The van der Waals surface area contributed by atoms with Crippen molar-refractivity contribution < 1.29 is 14.3 Å². The van der Waals surface area contributed by atoms with Crippen molar-refractivity contribution in [1.29, 1.82) is 0 Å². The average Bonchev–Trinajstić information content (AvgIpc) is 3.50. The molecule has 5 rings (SSSR count). The second-order valence-corrected chi connectivity index (χ2v) is 8.40. The first-order chi connectivity index (χ1) is 15.6. The van der Waals surface area contributed by atoms with Crippen LogP contribution >= 0.6 is 0 Å². The molecule has 0 unspecified atom stereocenters. The van der Waals surface area contributed by atoms with Gasteiger partial charge in [-0.15, -0.1) is 0 Å². The first-order valence-corrected chi connectivity index (χ1v) is 11.2. The molecule has 0 atom stereocenters. The Balaban J connectivity index is 1.27. The molecule has 1 amide bonds. The third-order valence-electron chi connectivity index (χ3n) is 6.26.